The average molecular weight is 345 g/mol. The Balaban J connectivity index is 1.43. The van der Waals surface area contributed by atoms with Crippen molar-refractivity contribution in [3.8, 4) is 0 Å². The summed E-state index contributed by atoms with van der Waals surface area (Å²) in [5, 5.41) is 11.0. The second kappa shape index (κ2) is 5.70. The first-order valence-corrected chi connectivity index (χ1v) is 10.2. The molecule has 0 unspecified atom stereocenters. The smallest absolute Gasteiger partial charge is 0.209 e. The molecule has 1 saturated heterocycles. The van der Waals surface area contributed by atoms with Crippen LogP contribution in [0, 0.1) is 0 Å². The maximum absolute atomic E-state index is 4.89. The first-order chi connectivity index (χ1) is 11.4. The molecule has 0 spiro atoms. The quantitative estimate of drug-likeness (QED) is 0.791. The van der Waals surface area contributed by atoms with E-state index in [-0.39, 0.29) is 0 Å². The normalized spacial score (nSPS) is 20.3. The number of aromatic nitrogens is 4. The third-order valence-electron chi connectivity index (χ3n) is 4.81. The number of nitrogens with zero attached hydrogens (tertiary/aromatic N) is 5. The zero-order chi connectivity index (χ0) is 15.2. The van der Waals surface area contributed by atoms with Crippen LogP contribution in [0.2, 0.25) is 0 Å². The number of fused-ring (bicyclic) bond motifs is 1. The molecule has 0 aromatic carbocycles. The molecule has 2 aromatic rings. The van der Waals surface area contributed by atoms with Crippen molar-refractivity contribution in [2.75, 3.05) is 18.0 Å². The first kappa shape index (κ1) is 14.2. The van der Waals surface area contributed by atoms with Gasteiger partial charge >= 0.3 is 0 Å². The molecule has 23 heavy (non-hydrogen) atoms. The Bertz CT molecular complexity index is 734. The third kappa shape index (κ3) is 2.74. The van der Waals surface area contributed by atoms with Gasteiger partial charge in [-0.25, -0.2) is 9.97 Å². The van der Waals surface area contributed by atoms with Gasteiger partial charge in [0.05, 0.1) is 0 Å². The summed E-state index contributed by atoms with van der Waals surface area (Å²) in [6, 6.07) is 0. The third-order valence-corrected chi connectivity index (χ3v) is 6.88. The van der Waals surface area contributed by atoms with Crippen molar-refractivity contribution >= 4 is 28.2 Å². The van der Waals surface area contributed by atoms with Crippen molar-refractivity contribution in [1.29, 1.82) is 0 Å². The van der Waals surface area contributed by atoms with Gasteiger partial charge in [-0.1, -0.05) is 11.3 Å². The standard InChI is InChI=1S/C16H19N5S2/c1-2-9-21(8-1)15-19-20-16(23-15)22-14-11-4-3-5-12(11)17-13(18-14)10-6-7-10/h10H,1-9H2. The summed E-state index contributed by atoms with van der Waals surface area (Å²) in [4.78, 5) is 12.1. The molecule has 0 radical (unpaired) electrons. The number of hydrogen-bond donors (Lipinski definition) is 0. The first-order valence-electron chi connectivity index (χ1n) is 8.53. The minimum atomic E-state index is 0.606. The summed E-state index contributed by atoms with van der Waals surface area (Å²) in [6.07, 6.45) is 8.47. The second-order valence-corrected chi connectivity index (χ2v) is 8.78. The van der Waals surface area contributed by atoms with Crippen molar-refractivity contribution in [2.24, 2.45) is 0 Å². The summed E-state index contributed by atoms with van der Waals surface area (Å²) in [5.41, 5.74) is 2.64. The lowest BCUT2D eigenvalue weighted by molar-refractivity contribution is 0.838. The summed E-state index contributed by atoms with van der Waals surface area (Å²) in [5.74, 6) is 1.67. The van der Waals surface area contributed by atoms with Gasteiger partial charge in [0, 0.05) is 30.3 Å². The Morgan fingerprint density at radius 2 is 1.87 bits per heavy atom. The van der Waals surface area contributed by atoms with Gasteiger partial charge in [-0.2, -0.15) is 0 Å². The molecule has 0 bridgehead atoms. The van der Waals surface area contributed by atoms with E-state index in [2.05, 4.69) is 15.1 Å². The monoisotopic (exact) mass is 345 g/mol. The highest BCUT2D eigenvalue weighted by molar-refractivity contribution is 8.01. The van der Waals surface area contributed by atoms with E-state index < -0.39 is 0 Å². The second-order valence-electron chi connectivity index (χ2n) is 6.59. The van der Waals surface area contributed by atoms with Gasteiger partial charge < -0.3 is 4.90 Å². The van der Waals surface area contributed by atoms with E-state index in [1.807, 2.05) is 0 Å². The summed E-state index contributed by atoms with van der Waals surface area (Å²) in [6.45, 7) is 2.24. The van der Waals surface area contributed by atoms with Gasteiger partial charge in [-0.15, -0.1) is 10.2 Å². The van der Waals surface area contributed by atoms with Crippen molar-refractivity contribution in [3.63, 3.8) is 0 Å². The van der Waals surface area contributed by atoms with Gasteiger partial charge in [0.25, 0.3) is 0 Å². The molecule has 120 valence electrons. The van der Waals surface area contributed by atoms with E-state index in [0.29, 0.717) is 5.92 Å². The predicted molar refractivity (Wildman–Crippen MR) is 91.5 cm³/mol. The molecule has 5 nitrogen and oxygen atoms in total. The Kier molecular flexibility index (Phi) is 3.51. The van der Waals surface area contributed by atoms with Crippen LogP contribution in [0.3, 0.4) is 0 Å². The van der Waals surface area contributed by atoms with E-state index in [1.165, 1.54) is 43.4 Å². The van der Waals surface area contributed by atoms with E-state index in [9.17, 15) is 0 Å². The van der Waals surface area contributed by atoms with Crippen LogP contribution >= 0.6 is 23.1 Å². The van der Waals surface area contributed by atoms with Crippen LogP contribution in [0.4, 0.5) is 5.13 Å². The molecule has 3 heterocycles. The summed E-state index contributed by atoms with van der Waals surface area (Å²) >= 11 is 3.41. The van der Waals surface area contributed by atoms with E-state index in [0.717, 1.165) is 46.3 Å². The fourth-order valence-electron chi connectivity index (χ4n) is 3.39. The molecule has 0 N–H and O–H groups in total. The highest BCUT2D eigenvalue weighted by Gasteiger charge is 2.30. The number of hydrogen-bond acceptors (Lipinski definition) is 7. The molecule has 0 atom stereocenters. The molecule has 3 aliphatic rings. The predicted octanol–water partition coefficient (Wildman–Crippen LogP) is 3.45. The molecule has 2 aliphatic carbocycles. The Morgan fingerprint density at radius 3 is 2.70 bits per heavy atom. The molecule has 1 saturated carbocycles. The highest BCUT2D eigenvalue weighted by atomic mass is 32.2. The number of rotatable bonds is 4. The van der Waals surface area contributed by atoms with Crippen molar-refractivity contribution < 1.29 is 0 Å². The Labute approximate surface area is 143 Å². The van der Waals surface area contributed by atoms with Crippen molar-refractivity contribution in [3.05, 3.63) is 17.1 Å². The molecule has 5 rings (SSSR count). The summed E-state index contributed by atoms with van der Waals surface area (Å²) < 4.78 is 1.02. The van der Waals surface area contributed by atoms with Gasteiger partial charge in [0.15, 0.2) is 4.34 Å². The minimum Gasteiger partial charge on any atom is -0.347 e. The molecule has 1 aliphatic heterocycles. The SMILES string of the molecule is C1Cc2nc(C3CC3)nc(Sc3nnc(N4CCCC4)s3)c2C1. The zero-order valence-electron chi connectivity index (χ0n) is 13.0. The van der Waals surface area contributed by atoms with Crippen molar-refractivity contribution in [2.45, 2.75) is 60.2 Å². The van der Waals surface area contributed by atoms with Crippen LogP contribution in [-0.2, 0) is 12.8 Å². The highest BCUT2D eigenvalue weighted by Crippen LogP contribution is 2.42. The number of anilines is 1. The summed E-state index contributed by atoms with van der Waals surface area (Å²) in [7, 11) is 0. The van der Waals surface area contributed by atoms with Crippen LogP contribution < -0.4 is 4.90 Å². The number of aryl methyl sites for hydroxylation is 1. The van der Waals surface area contributed by atoms with Crippen molar-refractivity contribution in [1.82, 2.24) is 20.2 Å². The lowest BCUT2D eigenvalue weighted by atomic mass is 10.2. The maximum Gasteiger partial charge on any atom is 0.209 e. The minimum absolute atomic E-state index is 0.606. The molecular weight excluding hydrogens is 326 g/mol. The van der Waals surface area contributed by atoms with Crippen LogP contribution in [0.25, 0.3) is 0 Å². The van der Waals surface area contributed by atoms with E-state index in [1.54, 1.807) is 23.1 Å². The largest absolute Gasteiger partial charge is 0.347 e. The average Bonchev–Trinajstić information content (AvgIpc) is 2.99. The molecule has 7 heteroatoms. The van der Waals surface area contributed by atoms with Crippen LogP contribution in [0.15, 0.2) is 9.37 Å². The molecule has 2 fully saturated rings. The zero-order valence-corrected chi connectivity index (χ0v) is 14.6. The molecule has 0 amide bonds. The van der Waals surface area contributed by atoms with Crippen LogP contribution in [0.5, 0.6) is 0 Å². The van der Waals surface area contributed by atoms with Crippen LogP contribution in [0.1, 0.15) is 55.1 Å². The lowest BCUT2D eigenvalue weighted by Crippen LogP contribution is -2.17. The maximum atomic E-state index is 4.89. The fraction of sp³-hybridized carbons (Fsp3) is 0.625. The van der Waals surface area contributed by atoms with Crippen LogP contribution in [-0.4, -0.2) is 33.3 Å². The van der Waals surface area contributed by atoms with Gasteiger partial charge in [-0.05, 0) is 56.7 Å². The van der Waals surface area contributed by atoms with Gasteiger partial charge in [-0.3, -0.25) is 0 Å². The lowest BCUT2D eigenvalue weighted by Gasteiger charge is -2.11. The molecule has 2 aromatic heterocycles. The molecular formula is C16H19N5S2. The topological polar surface area (TPSA) is 54.8 Å². The van der Waals surface area contributed by atoms with Gasteiger partial charge in [0.2, 0.25) is 5.13 Å². The fourth-order valence-corrected chi connectivity index (χ4v) is 5.38. The Morgan fingerprint density at radius 1 is 1.00 bits per heavy atom. The van der Waals surface area contributed by atoms with E-state index in [4.69, 9.17) is 9.97 Å². The Hall–Kier alpha value is -1.21. The van der Waals surface area contributed by atoms with Gasteiger partial charge in [0.1, 0.15) is 10.9 Å². The van der Waals surface area contributed by atoms with E-state index >= 15 is 0 Å².